The molecule has 2 aromatic rings. The van der Waals surface area contributed by atoms with Crippen molar-refractivity contribution in [2.45, 2.75) is 38.0 Å². The van der Waals surface area contributed by atoms with Crippen LogP contribution in [0, 0.1) is 10.1 Å². The van der Waals surface area contributed by atoms with E-state index in [0.29, 0.717) is 40.5 Å². The van der Waals surface area contributed by atoms with E-state index in [1.54, 1.807) is 19.1 Å². The van der Waals surface area contributed by atoms with Crippen LogP contribution in [0.1, 0.15) is 49.1 Å². The SMILES string of the molecule is CCOc1cc(C2CC(=O)NC3=C2C(=O)CC(c2cc(OC)c(OC)c(OC)c2)C3)cc([N+](=O)[O-])c1O. The zero-order valence-electron chi connectivity index (χ0n) is 21.0. The molecular formula is C26H28N2O9. The van der Waals surface area contributed by atoms with E-state index in [2.05, 4.69) is 5.32 Å². The maximum absolute atomic E-state index is 13.5. The van der Waals surface area contributed by atoms with Gasteiger partial charge in [0.05, 0.1) is 32.9 Å². The summed E-state index contributed by atoms with van der Waals surface area (Å²) in [4.78, 5) is 37.1. The second kappa shape index (κ2) is 10.4. The number of benzene rings is 2. The summed E-state index contributed by atoms with van der Waals surface area (Å²) in [6.45, 7) is 1.85. The number of phenols is 1. The molecule has 0 bridgehead atoms. The molecular weight excluding hydrogens is 484 g/mol. The van der Waals surface area contributed by atoms with Gasteiger partial charge in [-0.3, -0.25) is 19.7 Å². The first-order chi connectivity index (χ1) is 17.7. The molecule has 2 aromatic carbocycles. The van der Waals surface area contributed by atoms with Gasteiger partial charge >= 0.3 is 5.69 Å². The number of ketones is 1. The Morgan fingerprint density at radius 3 is 2.19 bits per heavy atom. The number of aromatic hydroxyl groups is 1. The molecule has 0 saturated carbocycles. The molecule has 1 heterocycles. The number of carbonyl (C=O) groups excluding carboxylic acids is 2. The van der Waals surface area contributed by atoms with Crippen LogP contribution in [-0.4, -0.2) is 49.7 Å². The largest absolute Gasteiger partial charge is 0.500 e. The fraction of sp³-hybridized carbons (Fsp3) is 0.385. The van der Waals surface area contributed by atoms with Crippen LogP contribution in [0.5, 0.6) is 28.7 Å². The molecule has 2 atom stereocenters. The normalized spacial score (nSPS) is 19.1. The number of allylic oxidation sites excluding steroid dienone is 2. The van der Waals surface area contributed by atoms with Gasteiger partial charge in [-0.05, 0) is 48.6 Å². The van der Waals surface area contributed by atoms with Crippen molar-refractivity contribution in [3.63, 3.8) is 0 Å². The van der Waals surface area contributed by atoms with E-state index in [-0.39, 0.29) is 42.8 Å². The van der Waals surface area contributed by atoms with Gasteiger partial charge in [-0.1, -0.05) is 0 Å². The van der Waals surface area contributed by atoms with E-state index in [1.807, 2.05) is 0 Å². The second-order valence-electron chi connectivity index (χ2n) is 8.76. The number of carbonyl (C=O) groups is 2. The number of amides is 1. The molecule has 196 valence electrons. The van der Waals surface area contributed by atoms with E-state index in [0.717, 1.165) is 5.56 Å². The van der Waals surface area contributed by atoms with Gasteiger partial charge < -0.3 is 29.4 Å². The lowest BCUT2D eigenvalue weighted by molar-refractivity contribution is -0.386. The van der Waals surface area contributed by atoms with Crippen molar-refractivity contribution >= 4 is 17.4 Å². The van der Waals surface area contributed by atoms with E-state index in [9.17, 15) is 24.8 Å². The van der Waals surface area contributed by atoms with Crippen LogP contribution >= 0.6 is 0 Å². The van der Waals surface area contributed by atoms with Gasteiger partial charge in [-0.25, -0.2) is 0 Å². The number of nitro benzene ring substituents is 1. The Morgan fingerprint density at radius 2 is 1.62 bits per heavy atom. The molecule has 2 aliphatic rings. The molecule has 4 rings (SSSR count). The van der Waals surface area contributed by atoms with Gasteiger partial charge in [0.1, 0.15) is 0 Å². The Balaban J connectivity index is 1.77. The molecule has 1 amide bonds. The number of hydrogen-bond donors (Lipinski definition) is 2. The van der Waals surface area contributed by atoms with Crippen LogP contribution in [0.15, 0.2) is 35.5 Å². The number of nitro groups is 1. The van der Waals surface area contributed by atoms with Crippen LogP contribution in [-0.2, 0) is 9.59 Å². The number of hydrogen-bond acceptors (Lipinski definition) is 9. The van der Waals surface area contributed by atoms with Gasteiger partial charge in [-0.2, -0.15) is 0 Å². The van der Waals surface area contributed by atoms with Crippen LogP contribution in [0.25, 0.3) is 0 Å². The molecule has 11 nitrogen and oxygen atoms in total. The minimum Gasteiger partial charge on any atom is -0.500 e. The molecule has 2 N–H and O–H groups in total. The molecule has 0 aromatic heterocycles. The van der Waals surface area contributed by atoms with Crippen LogP contribution < -0.4 is 24.3 Å². The van der Waals surface area contributed by atoms with Crippen molar-refractivity contribution in [2.24, 2.45) is 0 Å². The summed E-state index contributed by atoms with van der Waals surface area (Å²) in [7, 11) is 4.52. The van der Waals surface area contributed by atoms with Crippen molar-refractivity contribution in [2.75, 3.05) is 27.9 Å². The Labute approximate surface area is 213 Å². The summed E-state index contributed by atoms with van der Waals surface area (Å²) in [5.41, 5.74) is 1.47. The Morgan fingerprint density at radius 1 is 0.973 bits per heavy atom. The molecule has 37 heavy (non-hydrogen) atoms. The smallest absolute Gasteiger partial charge is 0.314 e. The number of methoxy groups -OCH3 is 3. The summed E-state index contributed by atoms with van der Waals surface area (Å²) in [6, 6.07) is 6.22. The fourth-order valence-corrected chi connectivity index (χ4v) is 5.04. The molecule has 0 saturated heterocycles. The van der Waals surface area contributed by atoms with Crippen LogP contribution in [0.4, 0.5) is 5.69 Å². The van der Waals surface area contributed by atoms with Crippen LogP contribution in [0.3, 0.4) is 0 Å². The molecule has 0 radical (unpaired) electrons. The topological polar surface area (TPSA) is 146 Å². The van der Waals surface area contributed by atoms with Crippen molar-refractivity contribution < 1.29 is 38.6 Å². The first kappa shape index (κ1) is 25.8. The van der Waals surface area contributed by atoms with E-state index in [1.165, 1.54) is 33.5 Å². The highest BCUT2D eigenvalue weighted by Gasteiger charge is 2.39. The third-order valence-electron chi connectivity index (χ3n) is 6.67. The Hall–Kier alpha value is -4.28. The predicted molar refractivity (Wildman–Crippen MR) is 132 cm³/mol. The maximum atomic E-state index is 13.5. The Bertz CT molecular complexity index is 1280. The van der Waals surface area contributed by atoms with Crippen molar-refractivity contribution in [1.82, 2.24) is 5.32 Å². The molecule has 2 unspecified atom stereocenters. The lowest BCUT2D eigenvalue weighted by atomic mass is 9.73. The maximum Gasteiger partial charge on any atom is 0.314 e. The van der Waals surface area contributed by atoms with Crippen molar-refractivity contribution in [1.29, 1.82) is 0 Å². The first-order valence-electron chi connectivity index (χ1n) is 11.7. The minimum absolute atomic E-state index is 0.0626. The number of rotatable bonds is 8. The number of Topliss-reactive ketones (excluding diaryl/α,β-unsaturated/α-hetero) is 1. The van der Waals surface area contributed by atoms with Gasteiger partial charge in [0.25, 0.3) is 0 Å². The lowest BCUT2D eigenvalue weighted by Gasteiger charge is -2.34. The summed E-state index contributed by atoms with van der Waals surface area (Å²) in [5, 5.41) is 24.7. The van der Waals surface area contributed by atoms with Gasteiger partial charge in [0.15, 0.2) is 23.0 Å². The number of nitrogens with zero attached hydrogens (tertiary/aromatic N) is 1. The van der Waals surface area contributed by atoms with Gasteiger partial charge in [-0.15, -0.1) is 0 Å². The average Bonchev–Trinajstić information content (AvgIpc) is 2.87. The third kappa shape index (κ3) is 4.76. The monoisotopic (exact) mass is 512 g/mol. The summed E-state index contributed by atoms with van der Waals surface area (Å²) < 4.78 is 21.7. The van der Waals surface area contributed by atoms with Crippen LogP contribution in [0.2, 0.25) is 0 Å². The second-order valence-corrected chi connectivity index (χ2v) is 8.76. The molecule has 0 fully saturated rings. The number of ether oxygens (including phenoxy) is 4. The summed E-state index contributed by atoms with van der Waals surface area (Å²) in [6.07, 6.45) is 0.454. The quantitative estimate of drug-likeness (QED) is 0.399. The molecule has 0 spiro atoms. The Kier molecular flexibility index (Phi) is 7.23. The van der Waals surface area contributed by atoms with E-state index >= 15 is 0 Å². The standard InChI is InChI=1S/C26H28N2O9/c1-5-37-20-11-15(7-18(25(20)31)28(32)33)16-12-23(30)27-17-6-13(8-19(29)24(16)17)14-9-21(34-2)26(36-4)22(10-14)35-3/h7,9-11,13,16,31H,5-6,8,12H2,1-4H3,(H,27,30). The van der Waals surface area contributed by atoms with Gasteiger partial charge in [0, 0.05) is 36.1 Å². The van der Waals surface area contributed by atoms with Crippen molar-refractivity contribution in [3.05, 3.63) is 56.8 Å². The highest BCUT2D eigenvalue weighted by Crippen LogP contribution is 2.48. The number of phenolic OH excluding ortho intramolecular Hbond substituents is 1. The zero-order chi connectivity index (χ0) is 26.9. The lowest BCUT2D eigenvalue weighted by Crippen LogP contribution is -2.38. The van der Waals surface area contributed by atoms with E-state index < -0.39 is 22.3 Å². The average molecular weight is 513 g/mol. The third-order valence-corrected chi connectivity index (χ3v) is 6.67. The predicted octanol–water partition coefficient (Wildman–Crippen LogP) is 3.73. The fourth-order valence-electron chi connectivity index (χ4n) is 5.04. The number of nitrogens with one attached hydrogen (secondary N) is 1. The van der Waals surface area contributed by atoms with Crippen molar-refractivity contribution in [3.8, 4) is 28.7 Å². The molecule has 11 heteroatoms. The van der Waals surface area contributed by atoms with Gasteiger partial charge in [0.2, 0.25) is 17.4 Å². The highest BCUT2D eigenvalue weighted by molar-refractivity contribution is 6.02. The highest BCUT2D eigenvalue weighted by atomic mass is 16.6. The zero-order valence-corrected chi connectivity index (χ0v) is 21.0. The molecule has 1 aliphatic heterocycles. The first-order valence-corrected chi connectivity index (χ1v) is 11.7. The van der Waals surface area contributed by atoms with E-state index in [4.69, 9.17) is 18.9 Å². The minimum atomic E-state index is -0.720. The summed E-state index contributed by atoms with van der Waals surface area (Å²) in [5.74, 6) is -0.803. The molecule has 1 aliphatic carbocycles. The summed E-state index contributed by atoms with van der Waals surface area (Å²) >= 11 is 0.